The smallest absolute Gasteiger partial charge is 0.162 e. The van der Waals surface area contributed by atoms with Gasteiger partial charge in [-0.1, -0.05) is 68.4 Å². The molecule has 0 bridgehead atoms. The SMILES string of the molecule is CC(C)Cc1cccc(COc2ccc(C=NCCO)cc2OCc2ccccc2)c1. The van der Waals surface area contributed by atoms with E-state index in [2.05, 4.69) is 43.1 Å². The van der Waals surface area contributed by atoms with E-state index < -0.39 is 0 Å². The van der Waals surface area contributed by atoms with E-state index >= 15 is 0 Å². The summed E-state index contributed by atoms with van der Waals surface area (Å²) in [5.74, 6) is 1.99. The molecule has 162 valence electrons. The second kappa shape index (κ2) is 11.9. The van der Waals surface area contributed by atoms with Gasteiger partial charge in [-0.15, -0.1) is 0 Å². The highest BCUT2D eigenvalue weighted by molar-refractivity contribution is 5.80. The van der Waals surface area contributed by atoms with Gasteiger partial charge in [0.2, 0.25) is 0 Å². The van der Waals surface area contributed by atoms with Gasteiger partial charge in [0.25, 0.3) is 0 Å². The molecule has 31 heavy (non-hydrogen) atoms. The lowest BCUT2D eigenvalue weighted by atomic mass is 10.0. The van der Waals surface area contributed by atoms with E-state index in [1.54, 1.807) is 6.21 Å². The molecule has 0 saturated carbocycles. The van der Waals surface area contributed by atoms with E-state index in [0.717, 1.165) is 23.1 Å². The Morgan fingerprint density at radius 3 is 2.29 bits per heavy atom. The molecule has 0 aliphatic heterocycles. The van der Waals surface area contributed by atoms with Crippen LogP contribution in [0.15, 0.2) is 77.8 Å². The Morgan fingerprint density at radius 1 is 0.806 bits per heavy atom. The van der Waals surface area contributed by atoms with Gasteiger partial charge in [-0.05, 0) is 52.8 Å². The third-order valence-corrected chi connectivity index (χ3v) is 4.70. The number of nitrogens with zero attached hydrogens (tertiary/aromatic N) is 1. The number of hydrogen-bond donors (Lipinski definition) is 1. The molecule has 3 rings (SSSR count). The van der Waals surface area contributed by atoms with Crippen LogP contribution in [0, 0.1) is 5.92 Å². The maximum Gasteiger partial charge on any atom is 0.162 e. The molecule has 1 N–H and O–H groups in total. The first kappa shape index (κ1) is 22.6. The van der Waals surface area contributed by atoms with Crippen LogP contribution >= 0.6 is 0 Å². The zero-order chi connectivity index (χ0) is 21.9. The Kier molecular flexibility index (Phi) is 8.68. The highest BCUT2D eigenvalue weighted by Gasteiger charge is 2.08. The lowest BCUT2D eigenvalue weighted by molar-refractivity contribution is 0.256. The molecule has 0 atom stereocenters. The summed E-state index contributed by atoms with van der Waals surface area (Å²) in [6.07, 6.45) is 2.80. The van der Waals surface area contributed by atoms with Gasteiger partial charge >= 0.3 is 0 Å². The van der Waals surface area contributed by atoms with Crippen molar-refractivity contribution >= 4 is 6.21 Å². The molecule has 3 aromatic rings. The van der Waals surface area contributed by atoms with E-state index in [0.29, 0.717) is 37.2 Å². The summed E-state index contributed by atoms with van der Waals surface area (Å²) in [4.78, 5) is 4.20. The first-order valence-corrected chi connectivity index (χ1v) is 10.8. The standard InChI is InChI=1S/C27H31NO3/c1-21(2)15-23-9-6-10-25(16-23)20-30-26-12-11-24(18-28-13-14-29)17-27(26)31-19-22-7-4-3-5-8-22/h3-12,16-18,21,29H,13-15,19-20H2,1-2H3. The second-order valence-corrected chi connectivity index (χ2v) is 7.95. The zero-order valence-corrected chi connectivity index (χ0v) is 18.3. The molecule has 0 saturated heterocycles. The van der Waals surface area contributed by atoms with Crippen molar-refractivity contribution in [1.29, 1.82) is 0 Å². The molecule has 4 heteroatoms. The molecule has 4 nitrogen and oxygen atoms in total. The maximum absolute atomic E-state index is 8.94. The summed E-state index contributed by atoms with van der Waals surface area (Å²) < 4.78 is 12.2. The first-order chi connectivity index (χ1) is 15.1. The van der Waals surface area contributed by atoms with Gasteiger partial charge < -0.3 is 14.6 Å². The van der Waals surface area contributed by atoms with Crippen molar-refractivity contribution in [3.8, 4) is 11.5 Å². The van der Waals surface area contributed by atoms with Crippen LogP contribution in [0.5, 0.6) is 11.5 Å². The number of aliphatic hydroxyl groups excluding tert-OH is 1. The highest BCUT2D eigenvalue weighted by atomic mass is 16.5. The van der Waals surface area contributed by atoms with E-state index in [-0.39, 0.29) is 6.61 Å². The van der Waals surface area contributed by atoms with Gasteiger partial charge in [0.05, 0.1) is 13.2 Å². The minimum absolute atomic E-state index is 0.0327. The van der Waals surface area contributed by atoms with E-state index in [1.807, 2.05) is 48.5 Å². The van der Waals surface area contributed by atoms with Crippen LogP contribution in [-0.2, 0) is 19.6 Å². The van der Waals surface area contributed by atoms with Crippen molar-refractivity contribution in [3.63, 3.8) is 0 Å². The minimum Gasteiger partial charge on any atom is -0.485 e. The second-order valence-electron chi connectivity index (χ2n) is 7.95. The van der Waals surface area contributed by atoms with Crippen molar-refractivity contribution in [2.45, 2.75) is 33.5 Å². The first-order valence-electron chi connectivity index (χ1n) is 10.8. The van der Waals surface area contributed by atoms with E-state index in [9.17, 15) is 0 Å². The summed E-state index contributed by atoms with van der Waals surface area (Å²) in [6, 6.07) is 24.4. The lowest BCUT2D eigenvalue weighted by Crippen LogP contribution is -2.02. The average Bonchev–Trinajstić information content (AvgIpc) is 2.77. The molecule has 0 aliphatic rings. The Labute approximate surface area is 185 Å². The molecular weight excluding hydrogens is 386 g/mol. The molecule has 0 fully saturated rings. The maximum atomic E-state index is 8.94. The number of benzene rings is 3. The minimum atomic E-state index is 0.0327. The van der Waals surface area contributed by atoms with Crippen molar-refractivity contribution in [1.82, 2.24) is 0 Å². The topological polar surface area (TPSA) is 51.0 Å². The third kappa shape index (κ3) is 7.58. The molecule has 0 heterocycles. The quantitative estimate of drug-likeness (QED) is 0.422. The van der Waals surface area contributed by atoms with Crippen LogP contribution in [0.25, 0.3) is 0 Å². The van der Waals surface area contributed by atoms with Crippen LogP contribution < -0.4 is 9.47 Å². The van der Waals surface area contributed by atoms with Crippen molar-refractivity contribution in [2.24, 2.45) is 10.9 Å². The molecule has 0 unspecified atom stereocenters. The van der Waals surface area contributed by atoms with Crippen molar-refractivity contribution in [3.05, 3.63) is 95.1 Å². The number of ether oxygens (including phenoxy) is 2. The largest absolute Gasteiger partial charge is 0.485 e. The van der Waals surface area contributed by atoms with Gasteiger partial charge in [-0.2, -0.15) is 0 Å². The number of rotatable bonds is 11. The monoisotopic (exact) mass is 417 g/mol. The molecule has 0 aliphatic carbocycles. The Morgan fingerprint density at radius 2 is 1.52 bits per heavy atom. The number of aliphatic imine (C=N–C) groups is 1. The number of aliphatic hydroxyl groups is 1. The van der Waals surface area contributed by atoms with Gasteiger partial charge in [-0.25, -0.2) is 0 Å². The van der Waals surface area contributed by atoms with E-state index in [1.165, 1.54) is 5.56 Å². The third-order valence-electron chi connectivity index (χ3n) is 4.70. The molecule has 3 aromatic carbocycles. The number of hydrogen-bond acceptors (Lipinski definition) is 4. The fourth-order valence-corrected chi connectivity index (χ4v) is 3.28. The van der Waals surface area contributed by atoms with Crippen molar-refractivity contribution < 1.29 is 14.6 Å². The van der Waals surface area contributed by atoms with Crippen molar-refractivity contribution in [2.75, 3.05) is 13.2 Å². The van der Waals surface area contributed by atoms with Crippen LogP contribution in [0.3, 0.4) is 0 Å². The van der Waals surface area contributed by atoms with Crippen LogP contribution in [-0.4, -0.2) is 24.5 Å². The summed E-state index contributed by atoms with van der Waals surface area (Å²) >= 11 is 0. The van der Waals surface area contributed by atoms with E-state index in [4.69, 9.17) is 14.6 Å². The highest BCUT2D eigenvalue weighted by Crippen LogP contribution is 2.30. The predicted octanol–water partition coefficient (Wildman–Crippen LogP) is 5.45. The summed E-state index contributed by atoms with van der Waals surface area (Å²) in [5.41, 5.74) is 4.46. The Hall–Kier alpha value is -3.11. The zero-order valence-electron chi connectivity index (χ0n) is 18.3. The lowest BCUT2D eigenvalue weighted by Gasteiger charge is -2.14. The normalized spacial score (nSPS) is 11.2. The summed E-state index contributed by atoms with van der Waals surface area (Å²) in [7, 11) is 0. The molecule has 0 aromatic heterocycles. The molecule has 0 radical (unpaired) electrons. The van der Waals surface area contributed by atoms with Gasteiger partial charge in [0, 0.05) is 6.21 Å². The van der Waals surface area contributed by atoms with Crippen LogP contribution in [0.2, 0.25) is 0 Å². The molecule has 0 spiro atoms. The van der Waals surface area contributed by atoms with Crippen LogP contribution in [0.1, 0.15) is 36.1 Å². The fourth-order valence-electron chi connectivity index (χ4n) is 3.28. The molecular formula is C27H31NO3. The summed E-state index contributed by atoms with van der Waals surface area (Å²) in [6.45, 7) is 5.80. The average molecular weight is 418 g/mol. The predicted molar refractivity (Wildman–Crippen MR) is 126 cm³/mol. The fraction of sp³-hybridized carbons (Fsp3) is 0.296. The van der Waals surface area contributed by atoms with Gasteiger partial charge in [0.15, 0.2) is 11.5 Å². The molecule has 0 amide bonds. The van der Waals surface area contributed by atoms with Gasteiger partial charge in [0.1, 0.15) is 13.2 Å². The Balaban J connectivity index is 1.74. The van der Waals surface area contributed by atoms with Gasteiger partial charge in [-0.3, -0.25) is 4.99 Å². The Bertz CT molecular complexity index is 967. The summed E-state index contributed by atoms with van der Waals surface area (Å²) in [5, 5.41) is 8.94. The van der Waals surface area contributed by atoms with Crippen LogP contribution in [0.4, 0.5) is 0 Å².